The topological polar surface area (TPSA) is 94.1 Å². The van der Waals surface area contributed by atoms with Gasteiger partial charge in [0.25, 0.3) is 5.69 Å². The molecule has 4 rings (SSSR count). The Hall–Kier alpha value is -3.00. The first kappa shape index (κ1) is 15.5. The van der Waals surface area contributed by atoms with Crippen molar-refractivity contribution in [2.24, 2.45) is 0 Å². The summed E-state index contributed by atoms with van der Waals surface area (Å²) in [6.07, 6.45) is 0. The fraction of sp³-hybridized carbons (Fsp3) is 0.176. The van der Waals surface area contributed by atoms with Gasteiger partial charge in [-0.3, -0.25) is 15.4 Å². The summed E-state index contributed by atoms with van der Waals surface area (Å²) < 4.78 is 6.48. The van der Waals surface area contributed by atoms with Gasteiger partial charge in [0.1, 0.15) is 5.52 Å². The zero-order chi connectivity index (χ0) is 17.7. The Balaban J connectivity index is 1.73. The predicted molar refractivity (Wildman–Crippen MR) is 97.8 cm³/mol. The van der Waals surface area contributed by atoms with Gasteiger partial charge >= 0.3 is 6.01 Å². The Kier molecular flexibility index (Phi) is 3.43. The standard InChI is InChI=1S/C17H14N4O3S/c1-8-5-12-13(6-9(8)2)24-16(18-12)20-17-19-15-10(3)4-11(21(22)23)7-14(15)25-17/h4-7H,1-3H3,(H,18,19,20). The summed E-state index contributed by atoms with van der Waals surface area (Å²) in [5.74, 6) is 0. The maximum Gasteiger partial charge on any atom is 0.302 e. The molecular formula is C17H14N4O3S. The smallest absolute Gasteiger partial charge is 0.302 e. The van der Waals surface area contributed by atoms with Crippen molar-refractivity contribution in [3.8, 4) is 0 Å². The lowest BCUT2D eigenvalue weighted by atomic mass is 10.1. The molecule has 4 aromatic rings. The highest BCUT2D eigenvalue weighted by Gasteiger charge is 2.15. The number of rotatable bonds is 3. The molecule has 7 nitrogen and oxygen atoms in total. The Morgan fingerprint density at radius 3 is 2.60 bits per heavy atom. The van der Waals surface area contributed by atoms with E-state index < -0.39 is 4.92 Å². The van der Waals surface area contributed by atoms with Crippen LogP contribution >= 0.6 is 11.3 Å². The summed E-state index contributed by atoms with van der Waals surface area (Å²) >= 11 is 1.33. The molecule has 25 heavy (non-hydrogen) atoms. The Bertz CT molecular complexity index is 1110. The zero-order valence-electron chi connectivity index (χ0n) is 13.8. The average Bonchev–Trinajstić information content (AvgIpc) is 3.11. The van der Waals surface area contributed by atoms with Crippen LogP contribution in [0.4, 0.5) is 16.8 Å². The third-order valence-corrected chi connectivity index (χ3v) is 5.02. The van der Waals surface area contributed by atoms with Crippen molar-refractivity contribution >= 4 is 49.5 Å². The van der Waals surface area contributed by atoms with E-state index in [9.17, 15) is 10.1 Å². The van der Waals surface area contributed by atoms with Crippen LogP contribution in [0.3, 0.4) is 0 Å². The van der Waals surface area contributed by atoms with E-state index in [1.807, 2.05) is 32.9 Å². The third kappa shape index (κ3) is 2.70. The molecule has 126 valence electrons. The molecule has 2 aromatic heterocycles. The van der Waals surface area contributed by atoms with Gasteiger partial charge in [-0.2, -0.15) is 4.98 Å². The number of anilines is 2. The number of hydrogen-bond donors (Lipinski definition) is 1. The summed E-state index contributed by atoms with van der Waals surface area (Å²) in [6, 6.07) is 7.34. The largest absolute Gasteiger partial charge is 0.423 e. The lowest BCUT2D eigenvalue weighted by Gasteiger charge is -1.96. The van der Waals surface area contributed by atoms with Crippen LogP contribution in [0, 0.1) is 30.9 Å². The van der Waals surface area contributed by atoms with E-state index in [1.165, 1.54) is 23.5 Å². The van der Waals surface area contributed by atoms with E-state index in [0.717, 1.165) is 32.4 Å². The number of nitrogens with zero attached hydrogens (tertiary/aromatic N) is 3. The number of aryl methyl sites for hydroxylation is 3. The summed E-state index contributed by atoms with van der Waals surface area (Å²) in [5, 5.41) is 14.6. The van der Waals surface area contributed by atoms with Crippen LogP contribution in [-0.2, 0) is 0 Å². The van der Waals surface area contributed by atoms with Crippen LogP contribution in [0.25, 0.3) is 21.3 Å². The van der Waals surface area contributed by atoms with Crippen molar-refractivity contribution in [3.05, 3.63) is 51.1 Å². The SMILES string of the molecule is Cc1cc2nc(Nc3nc4c(C)cc([N+](=O)[O-])cc4s3)oc2cc1C. The Labute approximate surface area is 146 Å². The second kappa shape index (κ2) is 5.52. The minimum atomic E-state index is -0.398. The monoisotopic (exact) mass is 354 g/mol. The molecule has 0 aliphatic carbocycles. The second-order valence-electron chi connectivity index (χ2n) is 5.93. The van der Waals surface area contributed by atoms with Gasteiger partial charge in [0.15, 0.2) is 10.7 Å². The van der Waals surface area contributed by atoms with Crippen LogP contribution in [-0.4, -0.2) is 14.9 Å². The fourth-order valence-electron chi connectivity index (χ4n) is 2.66. The molecule has 0 fully saturated rings. The molecule has 0 bridgehead atoms. The summed E-state index contributed by atoms with van der Waals surface area (Å²) in [7, 11) is 0. The molecule has 0 spiro atoms. The normalized spacial score (nSPS) is 11.3. The molecular weight excluding hydrogens is 340 g/mol. The van der Waals surface area contributed by atoms with E-state index >= 15 is 0 Å². The van der Waals surface area contributed by atoms with E-state index in [4.69, 9.17) is 4.42 Å². The number of hydrogen-bond acceptors (Lipinski definition) is 7. The second-order valence-corrected chi connectivity index (χ2v) is 6.96. The molecule has 0 radical (unpaired) electrons. The number of nitro groups is 1. The van der Waals surface area contributed by atoms with Gasteiger partial charge < -0.3 is 4.42 Å². The van der Waals surface area contributed by atoms with Crippen LogP contribution in [0.1, 0.15) is 16.7 Å². The number of benzene rings is 2. The molecule has 2 heterocycles. The van der Waals surface area contributed by atoms with Gasteiger partial charge in [0.2, 0.25) is 0 Å². The predicted octanol–water partition coefficient (Wildman–Crippen LogP) is 5.01. The zero-order valence-corrected chi connectivity index (χ0v) is 14.6. The Morgan fingerprint density at radius 1 is 1.08 bits per heavy atom. The fourth-order valence-corrected chi connectivity index (χ4v) is 3.63. The summed E-state index contributed by atoms with van der Waals surface area (Å²) in [5.41, 5.74) is 5.33. The highest BCUT2D eigenvalue weighted by Crippen LogP contribution is 2.33. The van der Waals surface area contributed by atoms with Crippen molar-refractivity contribution in [1.29, 1.82) is 0 Å². The van der Waals surface area contributed by atoms with E-state index in [2.05, 4.69) is 15.3 Å². The molecule has 0 unspecified atom stereocenters. The van der Waals surface area contributed by atoms with Crippen molar-refractivity contribution in [2.75, 3.05) is 5.32 Å². The van der Waals surface area contributed by atoms with Crippen molar-refractivity contribution in [3.63, 3.8) is 0 Å². The van der Waals surface area contributed by atoms with E-state index in [1.54, 1.807) is 0 Å². The average molecular weight is 354 g/mol. The molecule has 0 atom stereocenters. The first-order valence-electron chi connectivity index (χ1n) is 7.61. The number of non-ortho nitro benzene ring substituents is 1. The van der Waals surface area contributed by atoms with Gasteiger partial charge in [-0.25, -0.2) is 4.98 Å². The van der Waals surface area contributed by atoms with Crippen LogP contribution in [0.15, 0.2) is 28.7 Å². The van der Waals surface area contributed by atoms with E-state index in [-0.39, 0.29) is 5.69 Å². The maximum atomic E-state index is 11.0. The first-order chi connectivity index (χ1) is 11.9. The highest BCUT2D eigenvalue weighted by atomic mass is 32.1. The molecule has 0 saturated carbocycles. The van der Waals surface area contributed by atoms with Gasteiger partial charge in [-0.05, 0) is 49.6 Å². The van der Waals surface area contributed by atoms with Crippen molar-refractivity contribution < 1.29 is 9.34 Å². The number of nitro benzene ring substituents is 1. The number of oxazole rings is 1. The molecule has 8 heteroatoms. The molecule has 0 amide bonds. The number of thiazole rings is 1. The first-order valence-corrected chi connectivity index (χ1v) is 8.43. The molecule has 1 N–H and O–H groups in total. The van der Waals surface area contributed by atoms with Gasteiger partial charge in [0, 0.05) is 12.1 Å². The summed E-state index contributed by atoms with van der Waals surface area (Å²) in [4.78, 5) is 19.5. The highest BCUT2D eigenvalue weighted by molar-refractivity contribution is 7.22. The minimum absolute atomic E-state index is 0.0630. The number of aromatic nitrogens is 2. The molecule has 0 aliphatic heterocycles. The van der Waals surface area contributed by atoms with Crippen molar-refractivity contribution in [1.82, 2.24) is 9.97 Å². The summed E-state index contributed by atoms with van der Waals surface area (Å²) in [6.45, 7) is 5.86. The molecule has 0 saturated heterocycles. The molecule has 0 aliphatic rings. The van der Waals surface area contributed by atoms with Gasteiger partial charge in [-0.1, -0.05) is 11.3 Å². The minimum Gasteiger partial charge on any atom is -0.423 e. The lowest BCUT2D eigenvalue weighted by molar-refractivity contribution is -0.384. The number of nitrogens with one attached hydrogen (secondary N) is 1. The van der Waals surface area contributed by atoms with Crippen LogP contribution < -0.4 is 5.32 Å². The number of fused-ring (bicyclic) bond motifs is 2. The molecule has 2 aromatic carbocycles. The van der Waals surface area contributed by atoms with Gasteiger partial charge in [0.05, 0.1) is 15.1 Å². The van der Waals surface area contributed by atoms with Crippen LogP contribution in [0.2, 0.25) is 0 Å². The van der Waals surface area contributed by atoms with Crippen LogP contribution in [0.5, 0.6) is 0 Å². The van der Waals surface area contributed by atoms with Crippen molar-refractivity contribution in [2.45, 2.75) is 20.8 Å². The quantitative estimate of drug-likeness (QED) is 0.410. The Morgan fingerprint density at radius 2 is 1.84 bits per heavy atom. The third-order valence-electron chi connectivity index (χ3n) is 4.10. The van der Waals surface area contributed by atoms with Gasteiger partial charge in [-0.15, -0.1) is 0 Å². The van der Waals surface area contributed by atoms with E-state index in [0.29, 0.717) is 16.7 Å². The lowest BCUT2D eigenvalue weighted by Crippen LogP contribution is -1.90. The maximum absolute atomic E-state index is 11.0.